The minimum atomic E-state index is -0.818. The maximum atomic E-state index is 12.5. The molecule has 1 aliphatic rings. The van der Waals surface area contributed by atoms with E-state index in [0.29, 0.717) is 13.1 Å². The van der Waals surface area contributed by atoms with E-state index in [4.69, 9.17) is 9.84 Å². The molecule has 3 N–H and O–H groups in total. The fraction of sp³-hybridized carbons (Fsp3) is 0.600. The molecule has 156 valence electrons. The van der Waals surface area contributed by atoms with Crippen molar-refractivity contribution in [1.29, 1.82) is 0 Å². The average molecular weight is 393 g/mol. The molecule has 0 saturated heterocycles. The molecule has 1 atom stereocenters. The molecular weight excluding hydrogens is 360 g/mol. The Morgan fingerprint density at radius 3 is 2.39 bits per heavy atom. The summed E-state index contributed by atoms with van der Waals surface area (Å²) in [5, 5.41) is 15.0. The van der Waals surface area contributed by atoms with Crippen molar-refractivity contribution < 1.29 is 19.4 Å². The zero-order valence-electron chi connectivity index (χ0n) is 17.1. The van der Waals surface area contributed by atoms with Gasteiger partial charge in [0.05, 0.1) is 19.7 Å². The van der Waals surface area contributed by atoms with Crippen molar-refractivity contribution in [2.75, 3.05) is 40.8 Å². The normalized spacial score (nSPS) is 19.8. The molecule has 0 aromatic heterocycles. The van der Waals surface area contributed by atoms with Gasteiger partial charge in [-0.25, -0.2) is 4.79 Å². The summed E-state index contributed by atoms with van der Waals surface area (Å²) in [5.41, 5.74) is 1.01. The van der Waals surface area contributed by atoms with Crippen molar-refractivity contribution in [3.63, 3.8) is 0 Å². The molecule has 1 aliphatic carbocycles. The smallest absolute Gasteiger partial charge is 0.317 e. The predicted molar refractivity (Wildman–Crippen MR) is 108 cm³/mol. The second-order valence-corrected chi connectivity index (χ2v) is 7.48. The molecule has 28 heavy (non-hydrogen) atoms. The largest absolute Gasteiger partial charge is 0.497 e. The van der Waals surface area contributed by atoms with Crippen LogP contribution < -0.4 is 15.4 Å². The number of likely N-dealkylation sites (N-methyl/N-ethyl adjacent to an activating group) is 2. The number of benzene rings is 1. The Hall–Kier alpha value is -2.32. The van der Waals surface area contributed by atoms with E-state index in [1.165, 1.54) is 0 Å². The van der Waals surface area contributed by atoms with E-state index in [1.807, 2.05) is 55.1 Å². The highest BCUT2D eigenvalue weighted by Gasteiger charge is 2.34. The van der Waals surface area contributed by atoms with Crippen LogP contribution in [0.15, 0.2) is 24.3 Å². The Morgan fingerprint density at radius 1 is 1.25 bits per heavy atom. The highest BCUT2D eigenvalue weighted by atomic mass is 16.5. The number of hydrogen-bond acceptors (Lipinski definition) is 5. The first kappa shape index (κ1) is 22.0. The third-order valence-electron chi connectivity index (χ3n) is 5.08. The molecule has 1 saturated carbocycles. The van der Waals surface area contributed by atoms with E-state index < -0.39 is 5.97 Å². The van der Waals surface area contributed by atoms with Crippen molar-refractivity contribution in [1.82, 2.24) is 20.4 Å². The molecule has 2 rings (SSSR count). The van der Waals surface area contributed by atoms with E-state index in [9.17, 15) is 9.59 Å². The molecule has 1 unspecified atom stereocenters. The van der Waals surface area contributed by atoms with Gasteiger partial charge in [0.25, 0.3) is 0 Å². The predicted octanol–water partition coefficient (Wildman–Crippen LogP) is 1.53. The molecule has 0 aliphatic heterocycles. The average Bonchev–Trinajstić information content (AvgIpc) is 2.61. The third kappa shape index (κ3) is 6.38. The summed E-state index contributed by atoms with van der Waals surface area (Å²) in [6, 6.07) is 7.62. The van der Waals surface area contributed by atoms with Crippen LogP contribution in [0.1, 0.15) is 31.4 Å². The molecule has 1 aromatic carbocycles. The van der Waals surface area contributed by atoms with Crippen LogP contribution in [-0.2, 0) is 4.79 Å². The van der Waals surface area contributed by atoms with Gasteiger partial charge < -0.3 is 25.4 Å². The number of aliphatic carboxylic acids is 1. The van der Waals surface area contributed by atoms with E-state index >= 15 is 0 Å². The monoisotopic (exact) mass is 392 g/mol. The van der Waals surface area contributed by atoms with Gasteiger partial charge in [0, 0.05) is 18.6 Å². The Kier molecular flexibility index (Phi) is 8.07. The van der Waals surface area contributed by atoms with Crippen LogP contribution in [-0.4, -0.2) is 79.8 Å². The first-order valence-corrected chi connectivity index (χ1v) is 9.63. The number of hydrogen-bond donors (Lipinski definition) is 3. The standard InChI is InChI=1S/C20H32N4O4/c1-5-24(13-19(25)26)16-10-15(11-16)21-20(27)22-18(12-23(2)3)14-6-8-17(28-4)9-7-14/h6-9,15-16,18H,5,10-13H2,1-4H3,(H,25,26)(H2,21,22,27). The van der Waals surface area contributed by atoms with Crippen molar-refractivity contribution in [3.05, 3.63) is 29.8 Å². The lowest BCUT2D eigenvalue weighted by Crippen LogP contribution is -2.56. The quantitative estimate of drug-likeness (QED) is 0.559. The van der Waals surface area contributed by atoms with Gasteiger partial charge in [-0.05, 0) is 51.2 Å². The summed E-state index contributed by atoms with van der Waals surface area (Å²) in [7, 11) is 5.56. The number of amides is 2. The lowest BCUT2D eigenvalue weighted by atomic mass is 9.85. The number of ether oxygens (including phenoxy) is 1. The molecule has 0 radical (unpaired) electrons. The first-order chi connectivity index (χ1) is 13.3. The Morgan fingerprint density at radius 2 is 1.89 bits per heavy atom. The van der Waals surface area contributed by atoms with Gasteiger partial charge in [0.1, 0.15) is 5.75 Å². The summed E-state index contributed by atoms with van der Waals surface area (Å²) in [4.78, 5) is 27.4. The summed E-state index contributed by atoms with van der Waals surface area (Å²) in [5.74, 6) is -0.0406. The Labute approximate surface area is 166 Å². The number of nitrogens with one attached hydrogen (secondary N) is 2. The van der Waals surface area contributed by atoms with Crippen LogP contribution in [0.2, 0.25) is 0 Å². The third-order valence-corrected chi connectivity index (χ3v) is 5.08. The molecule has 0 bridgehead atoms. The second-order valence-electron chi connectivity index (χ2n) is 7.48. The first-order valence-electron chi connectivity index (χ1n) is 9.63. The summed E-state index contributed by atoms with van der Waals surface area (Å²) >= 11 is 0. The van der Waals surface area contributed by atoms with Gasteiger partial charge in [-0.1, -0.05) is 19.1 Å². The van der Waals surface area contributed by atoms with Crippen molar-refractivity contribution in [2.24, 2.45) is 0 Å². The van der Waals surface area contributed by atoms with E-state index in [2.05, 4.69) is 10.6 Å². The van der Waals surface area contributed by atoms with Gasteiger partial charge in [-0.2, -0.15) is 0 Å². The minimum Gasteiger partial charge on any atom is -0.497 e. The van der Waals surface area contributed by atoms with Gasteiger partial charge in [0.15, 0.2) is 0 Å². The molecule has 8 nitrogen and oxygen atoms in total. The van der Waals surface area contributed by atoms with Crippen LogP contribution in [0.25, 0.3) is 0 Å². The highest BCUT2D eigenvalue weighted by Crippen LogP contribution is 2.25. The summed E-state index contributed by atoms with van der Waals surface area (Å²) in [6.07, 6.45) is 1.55. The number of rotatable bonds is 10. The molecule has 2 amide bonds. The van der Waals surface area contributed by atoms with E-state index in [1.54, 1.807) is 7.11 Å². The topological polar surface area (TPSA) is 94.1 Å². The molecular formula is C20H32N4O4. The number of carboxylic acids is 1. The van der Waals surface area contributed by atoms with E-state index in [0.717, 1.165) is 24.2 Å². The number of nitrogens with zero attached hydrogens (tertiary/aromatic N) is 2. The summed E-state index contributed by atoms with van der Waals surface area (Å²) < 4.78 is 5.20. The van der Waals surface area contributed by atoms with Crippen LogP contribution in [0, 0.1) is 0 Å². The molecule has 0 spiro atoms. The fourth-order valence-corrected chi connectivity index (χ4v) is 3.50. The second kappa shape index (κ2) is 10.3. The van der Waals surface area contributed by atoms with Crippen LogP contribution in [0.3, 0.4) is 0 Å². The lowest BCUT2D eigenvalue weighted by molar-refractivity contribution is -0.139. The Balaban J connectivity index is 1.87. The van der Waals surface area contributed by atoms with Crippen LogP contribution in [0.5, 0.6) is 5.75 Å². The zero-order chi connectivity index (χ0) is 20.7. The lowest BCUT2D eigenvalue weighted by Gasteiger charge is -2.42. The zero-order valence-corrected chi connectivity index (χ0v) is 17.1. The number of carbonyl (C=O) groups is 2. The summed E-state index contributed by atoms with van der Waals surface area (Å²) in [6.45, 7) is 3.37. The number of methoxy groups -OCH3 is 1. The maximum absolute atomic E-state index is 12.5. The van der Waals surface area contributed by atoms with Gasteiger partial charge in [0.2, 0.25) is 0 Å². The Bertz CT molecular complexity index is 644. The number of carboxylic acid groups (broad SMARTS) is 1. The van der Waals surface area contributed by atoms with Crippen LogP contribution >= 0.6 is 0 Å². The SMILES string of the molecule is CCN(CC(=O)O)C1CC(NC(=O)NC(CN(C)C)c2ccc(OC)cc2)C1. The molecule has 0 heterocycles. The molecule has 1 fully saturated rings. The van der Waals surface area contributed by atoms with E-state index in [-0.39, 0.29) is 30.7 Å². The van der Waals surface area contributed by atoms with Crippen LogP contribution in [0.4, 0.5) is 4.79 Å². The number of carbonyl (C=O) groups excluding carboxylic acids is 1. The molecule has 8 heteroatoms. The highest BCUT2D eigenvalue weighted by molar-refractivity contribution is 5.75. The van der Waals surface area contributed by atoms with Crippen molar-refractivity contribution >= 4 is 12.0 Å². The van der Waals surface area contributed by atoms with Gasteiger partial charge in [-0.15, -0.1) is 0 Å². The van der Waals surface area contributed by atoms with Crippen molar-refractivity contribution in [3.8, 4) is 5.75 Å². The number of urea groups is 1. The van der Waals surface area contributed by atoms with Crippen molar-refractivity contribution in [2.45, 2.75) is 37.9 Å². The fourth-order valence-electron chi connectivity index (χ4n) is 3.50. The maximum Gasteiger partial charge on any atom is 0.317 e. The van der Waals surface area contributed by atoms with Gasteiger partial charge >= 0.3 is 12.0 Å². The minimum absolute atomic E-state index is 0.0441. The molecule has 1 aromatic rings. The van der Waals surface area contributed by atoms with Gasteiger partial charge in [-0.3, -0.25) is 9.69 Å².